The predicted octanol–water partition coefficient (Wildman–Crippen LogP) is 5.63. The minimum Gasteiger partial charge on any atom is -0.348 e. The molecule has 0 aliphatic carbocycles. The van der Waals surface area contributed by atoms with Crippen molar-refractivity contribution in [3.05, 3.63) is 94.0 Å². The number of amides is 1. The summed E-state index contributed by atoms with van der Waals surface area (Å²) in [5, 5.41) is 3.37. The van der Waals surface area contributed by atoms with Crippen LogP contribution in [0.15, 0.2) is 77.7 Å². The lowest BCUT2D eigenvalue weighted by atomic mass is 10.1. The molecule has 3 aromatic carbocycles. The van der Waals surface area contributed by atoms with E-state index in [1.54, 1.807) is 18.2 Å². The Balaban J connectivity index is 1.89. The SMILES string of the molecule is CCc1ccc([C@@H](C)NC(=O)CN(c2ccc(Cl)cc2Cl)S(=O)(=O)c2ccccc2)cc1. The van der Waals surface area contributed by atoms with E-state index in [0.29, 0.717) is 5.02 Å². The van der Waals surface area contributed by atoms with Crippen LogP contribution in [-0.4, -0.2) is 20.9 Å². The number of halogens is 2. The minimum atomic E-state index is -4.05. The standard InChI is InChI=1S/C24H24Cl2N2O3S/c1-3-18-9-11-19(12-10-18)17(2)27-24(29)16-28(23-14-13-20(25)15-22(23)26)32(30,31)21-7-5-4-6-8-21/h4-15,17H,3,16H2,1-2H3,(H,27,29)/t17-/m1/s1. The van der Waals surface area contributed by atoms with Crippen molar-refractivity contribution in [3.8, 4) is 0 Å². The molecule has 0 unspecified atom stereocenters. The van der Waals surface area contributed by atoms with E-state index in [1.165, 1.54) is 35.9 Å². The summed E-state index contributed by atoms with van der Waals surface area (Å²) in [6.45, 7) is 3.49. The zero-order valence-electron chi connectivity index (χ0n) is 17.8. The Hall–Kier alpha value is -2.54. The molecule has 0 aliphatic heterocycles. The number of rotatable bonds is 8. The van der Waals surface area contributed by atoms with Crippen molar-refractivity contribution in [2.75, 3.05) is 10.8 Å². The maximum absolute atomic E-state index is 13.4. The van der Waals surface area contributed by atoms with Crippen LogP contribution in [0.1, 0.15) is 31.0 Å². The molecule has 3 aromatic rings. The zero-order chi connectivity index (χ0) is 23.3. The number of anilines is 1. The number of hydrogen-bond donors (Lipinski definition) is 1. The van der Waals surface area contributed by atoms with Crippen LogP contribution < -0.4 is 9.62 Å². The van der Waals surface area contributed by atoms with Gasteiger partial charge < -0.3 is 5.32 Å². The molecule has 32 heavy (non-hydrogen) atoms. The second-order valence-corrected chi connectivity index (χ2v) is 10.0. The molecule has 3 rings (SSSR count). The number of hydrogen-bond acceptors (Lipinski definition) is 3. The molecule has 0 aromatic heterocycles. The van der Waals surface area contributed by atoms with Crippen molar-refractivity contribution in [3.63, 3.8) is 0 Å². The molecule has 1 atom stereocenters. The van der Waals surface area contributed by atoms with Crippen LogP contribution >= 0.6 is 23.2 Å². The smallest absolute Gasteiger partial charge is 0.264 e. The lowest BCUT2D eigenvalue weighted by Gasteiger charge is -2.26. The van der Waals surface area contributed by atoms with E-state index >= 15 is 0 Å². The molecule has 0 saturated heterocycles. The van der Waals surface area contributed by atoms with Crippen LogP contribution in [-0.2, 0) is 21.2 Å². The molecular weight excluding hydrogens is 467 g/mol. The van der Waals surface area contributed by atoms with Crippen LogP contribution in [0.2, 0.25) is 10.0 Å². The predicted molar refractivity (Wildman–Crippen MR) is 130 cm³/mol. The fourth-order valence-electron chi connectivity index (χ4n) is 3.25. The number of nitrogens with one attached hydrogen (secondary N) is 1. The van der Waals surface area contributed by atoms with Gasteiger partial charge in [-0.3, -0.25) is 9.10 Å². The quantitative estimate of drug-likeness (QED) is 0.444. The van der Waals surface area contributed by atoms with Gasteiger partial charge in [-0.2, -0.15) is 0 Å². The van der Waals surface area contributed by atoms with Gasteiger partial charge in [0, 0.05) is 5.02 Å². The lowest BCUT2D eigenvalue weighted by molar-refractivity contribution is -0.120. The molecule has 168 valence electrons. The summed E-state index contributed by atoms with van der Waals surface area (Å²) in [7, 11) is -4.05. The Kier molecular flexibility index (Phi) is 7.82. The van der Waals surface area contributed by atoms with E-state index in [9.17, 15) is 13.2 Å². The van der Waals surface area contributed by atoms with Crippen LogP contribution in [0.3, 0.4) is 0 Å². The summed E-state index contributed by atoms with van der Waals surface area (Å²) >= 11 is 12.3. The molecule has 0 radical (unpaired) electrons. The average molecular weight is 491 g/mol. The van der Waals surface area contributed by atoms with Crippen LogP contribution in [0.4, 0.5) is 5.69 Å². The molecule has 1 amide bonds. The van der Waals surface area contributed by atoms with Gasteiger partial charge in [0.1, 0.15) is 6.54 Å². The van der Waals surface area contributed by atoms with Crippen molar-refractivity contribution >= 4 is 44.8 Å². The fraction of sp³-hybridized carbons (Fsp3) is 0.208. The summed E-state index contributed by atoms with van der Waals surface area (Å²) in [6, 6.07) is 20.0. The van der Waals surface area contributed by atoms with E-state index < -0.39 is 22.5 Å². The highest BCUT2D eigenvalue weighted by atomic mass is 35.5. The van der Waals surface area contributed by atoms with E-state index in [4.69, 9.17) is 23.2 Å². The first-order valence-corrected chi connectivity index (χ1v) is 12.3. The topological polar surface area (TPSA) is 66.5 Å². The number of sulfonamides is 1. The Morgan fingerprint density at radius 3 is 2.25 bits per heavy atom. The molecule has 0 saturated carbocycles. The summed E-state index contributed by atoms with van der Waals surface area (Å²) in [5.74, 6) is -0.456. The molecule has 0 heterocycles. The normalized spacial score (nSPS) is 12.2. The number of carbonyl (C=O) groups excluding carboxylic acids is 1. The monoisotopic (exact) mass is 490 g/mol. The minimum absolute atomic E-state index is 0.0574. The third kappa shape index (κ3) is 5.63. The fourth-order valence-corrected chi connectivity index (χ4v) is 5.27. The summed E-state index contributed by atoms with van der Waals surface area (Å²) in [4.78, 5) is 13.0. The van der Waals surface area contributed by atoms with Crippen LogP contribution in [0, 0.1) is 0 Å². The highest BCUT2D eigenvalue weighted by Gasteiger charge is 2.29. The molecule has 5 nitrogen and oxygen atoms in total. The van der Waals surface area contributed by atoms with Crippen LogP contribution in [0.5, 0.6) is 0 Å². The third-order valence-corrected chi connectivity index (χ3v) is 7.37. The number of nitrogens with zero attached hydrogens (tertiary/aromatic N) is 1. The molecular formula is C24H24Cl2N2O3S. The van der Waals surface area contributed by atoms with Gasteiger partial charge in [-0.05, 0) is 54.8 Å². The van der Waals surface area contributed by atoms with Gasteiger partial charge in [-0.15, -0.1) is 0 Å². The largest absolute Gasteiger partial charge is 0.348 e. The first-order valence-electron chi connectivity index (χ1n) is 10.1. The van der Waals surface area contributed by atoms with Crippen molar-refractivity contribution in [2.45, 2.75) is 31.2 Å². The van der Waals surface area contributed by atoms with E-state index in [1.807, 2.05) is 31.2 Å². The van der Waals surface area contributed by atoms with E-state index in [-0.39, 0.29) is 21.6 Å². The number of benzene rings is 3. The Morgan fingerprint density at radius 2 is 1.66 bits per heavy atom. The molecule has 0 bridgehead atoms. The zero-order valence-corrected chi connectivity index (χ0v) is 20.1. The number of aryl methyl sites for hydroxylation is 1. The Labute approximate surface area is 199 Å². The molecule has 1 N–H and O–H groups in total. The van der Waals surface area contributed by atoms with Crippen molar-refractivity contribution in [2.24, 2.45) is 0 Å². The average Bonchev–Trinajstić information content (AvgIpc) is 2.78. The van der Waals surface area contributed by atoms with Gasteiger partial charge in [0.05, 0.1) is 21.6 Å². The first-order chi connectivity index (χ1) is 15.2. The third-order valence-electron chi connectivity index (χ3n) is 5.06. The van der Waals surface area contributed by atoms with Gasteiger partial charge in [0.2, 0.25) is 5.91 Å². The van der Waals surface area contributed by atoms with Gasteiger partial charge in [-0.25, -0.2) is 8.42 Å². The highest BCUT2D eigenvalue weighted by Crippen LogP contribution is 2.32. The van der Waals surface area contributed by atoms with Crippen molar-refractivity contribution < 1.29 is 13.2 Å². The maximum atomic E-state index is 13.4. The summed E-state index contributed by atoms with van der Waals surface area (Å²) in [6.07, 6.45) is 0.926. The second-order valence-electron chi connectivity index (χ2n) is 7.30. The Bertz CT molecular complexity index is 1180. The Morgan fingerprint density at radius 1 is 1.00 bits per heavy atom. The van der Waals surface area contributed by atoms with Crippen molar-refractivity contribution in [1.82, 2.24) is 5.32 Å². The van der Waals surface area contributed by atoms with E-state index in [0.717, 1.165) is 16.3 Å². The number of carbonyl (C=O) groups is 1. The second kappa shape index (κ2) is 10.4. The van der Waals surface area contributed by atoms with Crippen molar-refractivity contribution in [1.29, 1.82) is 0 Å². The molecule has 0 spiro atoms. The maximum Gasteiger partial charge on any atom is 0.264 e. The van der Waals surface area contributed by atoms with Gasteiger partial charge in [-0.1, -0.05) is 72.6 Å². The first kappa shape index (κ1) is 24.1. The molecule has 0 aliphatic rings. The molecule has 0 fully saturated rings. The summed E-state index contributed by atoms with van der Waals surface area (Å²) in [5.41, 5.74) is 2.30. The van der Waals surface area contributed by atoms with Gasteiger partial charge >= 0.3 is 0 Å². The lowest BCUT2D eigenvalue weighted by Crippen LogP contribution is -2.41. The van der Waals surface area contributed by atoms with E-state index in [2.05, 4.69) is 12.2 Å². The van der Waals surface area contributed by atoms with Gasteiger partial charge in [0.15, 0.2) is 0 Å². The molecule has 8 heteroatoms. The highest BCUT2D eigenvalue weighted by molar-refractivity contribution is 7.92. The van der Waals surface area contributed by atoms with Gasteiger partial charge in [0.25, 0.3) is 10.0 Å². The summed E-state index contributed by atoms with van der Waals surface area (Å²) < 4.78 is 27.8. The van der Waals surface area contributed by atoms with Crippen LogP contribution in [0.25, 0.3) is 0 Å².